The minimum absolute atomic E-state index is 0.0398. The SMILES string of the molecule is CC(C)c1cccc2c(/C=C3\CNNC3=O)cccc12. The number of hydrogen-bond acceptors (Lipinski definition) is 2. The first-order valence-corrected chi connectivity index (χ1v) is 6.92. The van der Waals surface area contributed by atoms with Crippen LogP contribution >= 0.6 is 0 Å². The molecule has 20 heavy (non-hydrogen) atoms. The summed E-state index contributed by atoms with van der Waals surface area (Å²) >= 11 is 0. The lowest BCUT2D eigenvalue weighted by molar-refractivity contribution is -0.116. The fourth-order valence-corrected chi connectivity index (χ4v) is 2.67. The number of carbonyl (C=O) groups excluding carboxylic acids is 1. The second kappa shape index (κ2) is 5.10. The van der Waals surface area contributed by atoms with E-state index in [2.05, 4.69) is 61.1 Å². The first-order chi connectivity index (χ1) is 9.66. The van der Waals surface area contributed by atoms with Crippen molar-refractivity contribution in [3.8, 4) is 0 Å². The molecule has 1 saturated heterocycles. The van der Waals surface area contributed by atoms with Gasteiger partial charge < -0.3 is 0 Å². The third kappa shape index (κ3) is 2.21. The van der Waals surface area contributed by atoms with E-state index in [9.17, 15) is 4.79 Å². The van der Waals surface area contributed by atoms with E-state index in [1.54, 1.807) is 0 Å². The van der Waals surface area contributed by atoms with Crippen LogP contribution in [0.1, 0.15) is 30.9 Å². The van der Waals surface area contributed by atoms with Crippen LogP contribution in [0, 0.1) is 0 Å². The Kier molecular flexibility index (Phi) is 3.28. The minimum atomic E-state index is -0.0398. The molecular formula is C17H18N2O. The predicted molar refractivity (Wildman–Crippen MR) is 82.2 cm³/mol. The molecule has 0 spiro atoms. The average Bonchev–Trinajstić information content (AvgIpc) is 2.84. The van der Waals surface area contributed by atoms with Gasteiger partial charge in [0.1, 0.15) is 0 Å². The summed E-state index contributed by atoms with van der Waals surface area (Å²) in [4.78, 5) is 11.6. The molecule has 0 aliphatic carbocycles. The summed E-state index contributed by atoms with van der Waals surface area (Å²) in [5.74, 6) is 0.445. The molecule has 102 valence electrons. The zero-order valence-corrected chi connectivity index (χ0v) is 11.7. The van der Waals surface area contributed by atoms with Gasteiger partial charge in [0.15, 0.2) is 0 Å². The van der Waals surface area contributed by atoms with Gasteiger partial charge in [-0.05, 0) is 33.9 Å². The van der Waals surface area contributed by atoms with E-state index in [4.69, 9.17) is 0 Å². The van der Waals surface area contributed by atoms with E-state index >= 15 is 0 Å². The maximum Gasteiger partial charge on any atom is 0.262 e. The highest BCUT2D eigenvalue weighted by atomic mass is 16.2. The standard InChI is InChI=1S/C17H18N2O/c1-11(2)14-6-4-7-15-12(5-3-8-16(14)15)9-13-10-18-19-17(13)20/h3-9,11,18H,10H2,1-2H3,(H,19,20)/b13-9+. The molecule has 3 nitrogen and oxygen atoms in total. The monoisotopic (exact) mass is 266 g/mol. The van der Waals surface area contributed by atoms with Gasteiger partial charge in [0.05, 0.1) is 0 Å². The van der Waals surface area contributed by atoms with Crippen molar-refractivity contribution in [2.75, 3.05) is 6.54 Å². The molecule has 1 aliphatic rings. The van der Waals surface area contributed by atoms with Gasteiger partial charge in [0, 0.05) is 12.1 Å². The summed E-state index contributed by atoms with van der Waals surface area (Å²) in [5, 5.41) is 2.47. The van der Waals surface area contributed by atoms with Crippen LogP contribution in [0.5, 0.6) is 0 Å². The molecule has 0 radical (unpaired) electrons. The lowest BCUT2D eigenvalue weighted by Crippen LogP contribution is -2.25. The number of nitrogens with one attached hydrogen (secondary N) is 2. The van der Waals surface area contributed by atoms with Crippen LogP contribution in [-0.4, -0.2) is 12.5 Å². The quantitative estimate of drug-likeness (QED) is 0.820. The number of hydrazine groups is 1. The molecule has 0 aromatic heterocycles. The molecule has 3 heteroatoms. The Labute approximate surface area is 118 Å². The zero-order valence-electron chi connectivity index (χ0n) is 11.7. The Hall–Kier alpha value is -2.13. The van der Waals surface area contributed by atoms with Crippen LogP contribution in [0.15, 0.2) is 42.0 Å². The van der Waals surface area contributed by atoms with E-state index < -0.39 is 0 Å². The average molecular weight is 266 g/mol. The van der Waals surface area contributed by atoms with E-state index in [1.807, 2.05) is 6.08 Å². The normalized spacial score (nSPS) is 17.1. The number of carbonyl (C=O) groups is 1. The smallest absolute Gasteiger partial charge is 0.262 e. The van der Waals surface area contributed by atoms with Gasteiger partial charge in [-0.25, -0.2) is 5.43 Å². The summed E-state index contributed by atoms with van der Waals surface area (Å²) < 4.78 is 0. The number of benzene rings is 2. The van der Waals surface area contributed by atoms with Crippen molar-refractivity contribution in [2.24, 2.45) is 0 Å². The van der Waals surface area contributed by atoms with Crippen LogP contribution < -0.4 is 10.9 Å². The van der Waals surface area contributed by atoms with Crippen LogP contribution in [0.25, 0.3) is 16.8 Å². The summed E-state index contributed by atoms with van der Waals surface area (Å²) in [6, 6.07) is 12.7. The lowest BCUT2D eigenvalue weighted by Gasteiger charge is -2.11. The molecule has 0 atom stereocenters. The zero-order chi connectivity index (χ0) is 14.1. The highest BCUT2D eigenvalue weighted by Gasteiger charge is 2.16. The summed E-state index contributed by atoms with van der Waals surface area (Å²) in [5.41, 5.74) is 8.67. The molecule has 2 aromatic rings. The maximum absolute atomic E-state index is 11.6. The summed E-state index contributed by atoms with van der Waals surface area (Å²) in [6.07, 6.45) is 1.97. The summed E-state index contributed by atoms with van der Waals surface area (Å²) in [6.45, 7) is 4.97. The topological polar surface area (TPSA) is 41.1 Å². The van der Waals surface area contributed by atoms with Crippen molar-refractivity contribution in [1.82, 2.24) is 10.9 Å². The molecule has 1 amide bonds. The molecule has 1 heterocycles. The maximum atomic E-state index is 11.6. The van der Waals surface area contributed by atoms with Crippen molar-refractivity contribution in [3.63, 3.8) is 0 Å². The van der Waals surface area contributed by atoms with Gasteiger partial charge in [-0.15, -0.1) is 0 Å². The van der Waals surface area contributed by atoms with Crippen molar-refractivity contribution in [1.29, 1.82) is 0 Å². The molecule has 1 fully saturated rings. The van der Waals surface area contributed by atoms with Gasteiger partial charge in [0.2, 0.25) is 0 Å². The molecule has 3 rings (SSSR count). The molecule has 0 bridgehead atoms. The number of fused-ring (bicyclic) bond motifs is 1. The van der Waals surface area contributed by atoms with Crippen molar-refractivity contribution in [2.45, 2.75) is 19.8 Å². The Morgan fingerprint density at radius 3 is 2.55 bits per heavy atom. The first-order valence-electron chi connectivity index (χ1n) is 6.92. The Morgan fingerprint density at radius 1 is 1.10 bits per heavy atom. The minimum Gasteiger partial charge on any atom is -0.287 e. The fraction of sp³-hybridized carbons (Fsp3) is 0.235. The molecule has 1 aliphatic heterocycles. The third-order valence-electron chi connectivity index (χ3n) is 3.71. The van der Waals surface area contributed by atoms with Gasteiger partial charge in [-0.2, -0.15) is 0 Å². The van der Waals surface area contributed by atoms with Crippen LogP contribution in [-0.2, 0) is 4.79 Å². The van der Waals surface area contributed by atoms with E-state index in [0.29, 0.717) is 12.5 Å². The molecule has 0 saturated carbocycles. The van der Waals surface area contributed by atoms with Crippen LogP contribution in [0.4, 0.5) is 0 Å². The van der Waals surface area contributed by atoms with Gasteiger partial charge in [-0.1, -0.05) is 50.2 Å². The number of rotatable bonds is 2. The molecule has 0 unspecified atom stereocenters. The van der Waals surface area contributed by atoms with Gasteiger partial charge >= 0.3 is 0 Å². The lowest BCUT2D eigenvalue weighted by atomic mass is 9.93. The second-order valence-corrected chi connectivity index (χ2v) is 5.42. The number of amides is 1. The van der Waals surface area contributed by atoms with Crippen LogP contribution in [0.3, 0.4) is 0 Å². The van der Waals surface area contributed by atoms with Crippen molar-refractivity contribution < 1.29 is 4.79 Å². The van der Waals surface area contributed by atoms with Gasteiger partial charge in [0.25, 0.3) is 5.91 Å². The molecule has 2 aromatic carbocycles. The van der Waals surface area contributed by atoms with Crippen molar-refractivity contribution >= 4 is 22.8 Å². The predicted octanol–water partition coefficient (Wildman–Crippen LogP) is 2.98. The highest BCUT2D eigenvalue weighted by molar-refractivity contribution is 6.02. The van der Waals surface area contributed by atoms with Crippen molar-refractivity contribution in [3.05, 3.63) is 53.1 Å². The molecular weight excluding hydrogens is 248 g/mol. The third-order valence-corrected chi connectivity index (χ3v) is 3.71. The Morgan fingerprint density at radius 2 is 1.85 bits per heavy atom. The van der Waals surface area contributed by atoms with Gasteiger partial charge in [-0.3, -0.25) is 10.2 Å². The van der Waals surface area contributed by atoms with E-state index in [-0.39, 0.29) is 5.91 Å². The van der Waals surface area contributed by atoms with E-state index in [1.165, 1.54) is 16.3 Å². The van der Waals surface area contributed by atoms with Crippen LogP contribution in [0.2, 0.25) is 0 Å². The van der Waals surface area contributed by atoms with E-state index in [0.717, 1.165) is 11.1 Å². The Bertz CT molecular complexity index is 701. The number of hydrogen-bond donors (Lipinski definition) is 2. The summed E-state index contributed by atoms with van der Waals surface area (Å²) in [7, 11) is 0. The fourth-order valence-electron chi connectivity index (χ4n) is 2.67. The molecule has 2 N–H and O–H groups in total. The Balaban J connectivity index is 2.17. The first kappa shape index (κ1) is 12.9. The highest BCUT2D eigenvalue weighted by Crippen LogP contribution is 2.28. The largest absolute Gasteiger partial charge is 0.287 e. The second-order valence-electron chi connectivity index (χ2n) is 5.42.